The number of benzene rings is 1. The number of ether oxygens (including phenoxy) is 1. The van der Waals surface area contributed by atoms with Gasteiger partial charge in [0.1, 0.15) is 5.75 Å². The van der Waals surface area contributed by atoms with Crippen LogP contribution in [0.4, 0.5) is 0 Å². The second kappa shape index (κ2) is 7.69. The number of hydrogen-bond acceptors (Lipinski definition) is 5. The normalized spacial score (nSPS) is 16.8. The van der Waals surface area contributed by atoms with Gasteiger partial charge in [0.2, 0.25) is 10.0 Å². The Kier molecular flexibility index (Phi) is 6.08. The van der Waals surface area contributed by atoms with E-state index in [9.17, 15) is 13.2 Å². The van der Waals surface area contributed by atoms with E-state index in [2.05, 4.69) is 4.90 Å². The monoisotopic (exact) mass is 375 g/mol. The van der Waals surface area contributed by atoms with Gasteiger partial charge in [-0.05, 0) is 25.2 Å². The Bertz CT molecular complexity index is 701. The van der Waals surface area contributed by atoms with Crippen molar-refractivity contribution in [3.8, 4) is 5.75 Å². The molecule has 0 saturated carbocycles. The van der Waals surface area contributed by atoms with E-state index in [0.717, 1.165) is 0 Å². The number of nitrogens with zero attached hydrogens (tertiary/aromatic N) is 3. The van der Waals surface area contributed by atoms with E-state index in [0.29, 0.717) is 26.2 Å². The molecule has 0 bridgehead atoms. The Morgan fingerprint density at radius 2 is 1.88 bits per heavy atom. The molecule has 1 amide bonds. The van der Waals surface area contributed by atoms with Gasteiger partial charge in [-0.2, -0.15) is 4.31 Å². The lowest BCUT2D eigenvalue weighted by molar-refractivity contribution is -0.130. The van der Waals surface area contributed by atoms with Crippen molar-refractivity contribution in [1.29, 1.82) is 0 Å². The van der Waals surface area contributed by atoms with E-state index < -0.39 is 10.0 Å². The maximum Gasteiger partial charge on any atom is 0.259 e. The molecule has 1 aromatic carbocycles. The van der Waals surface area contributed by atoms with Gasteiger partial charge in [0, 0.05) is 40.3 Å². The van der Waals surface area contributed by atoms with Crippen LogP contribution in [0.2, 0.25) is 5.02 Å². The first-order valence-corrected chi connectivity index (χ1v) is 9.35. The number of carbonyl (C=O) groups excluding carboxylic acids is 1. The molecule has 9 heteroatoms. The fourth-order valence-corrected chi connectivity index (χ4v) is 3.95. The molecule has 0 atom stereocenters. The summed E-state index contributed by atoms with van der Waals surface area (Å²) in [7, 11) is 1.63. The number of likely N-dealkylation sites (N-methyl/N-ethyl adjacent to an activating group) is 2. The summed E-state index contributed by atoms with van der Waals surface area (Å²) < 4.78 is 32.1. The highest BCUT2D eigenvalue weighted by Gasteiger charge is 2.28. The van der Waals surface area contributed by atoms with Crippen LogP contribution in [0.25, 0.3) is 0 Å². The topological polar surface area (TPSA) is 70.2 Å². The summed E-state index contributed by atoms with van der Waals surface area (Å²) in [6, 6.07) is 4.30. The van der Waals surface area contributed by atoms with Crippen molar-refractivity contribution in [2.45, 2.75) is 4.90 Å². The third kappa shape index (κ3) is 4.38. The number of halogens is 1. The molecule has 0 aromatic heterocycles. The van der Waals surface area contributed by atoms with Crippen molar-refractivity contribution in [3.05, 3.63) is 23.2 Å². The first kappa shape index (κ1) is 19.0. The number of amides is 1. The van der Waals surface area contributed by atoms with Gasteiger partial charge in [-0.3, -0.25) is 4.79 Å². The van der Waals surface area contributed by atoms with Crippen LogP contribution >= 0.6 is 11.6 Å². The maximum absolute atomic E-state index is 12.7. The van der Waals surface area contributed by atoms with E-state index >= 15 is 0 Å². The molecule has 1 heterocycles. The van der Waals surface area contributed by atoms with Gasteiger partial charge in [0.05, 0.1) is 9.92 Å². The van der Waals surface area contributed by atoms with Crippen molar-refractivity contribution in [2.75, 3.05) is 53.9 Å². The summed E-state index contributed by atoms with van der Waals surface area (Å²) in [4.78, 5) is 15.2. The van der Waals surface area contributed by atoms with Crippen LogP contribution in [0.1, 0.15) is 0 Å². The fraction of sp³-hybridized carbons (Fsp3) is 0.533. The minimum Gasteiger partial charge on any atom is -0.482 e. The highest BCUT2D eigenvalue weighted by molar-refractivity contribution is 7.89. The lowest BCUT2D eigenvalue weighted by atomic mass is 10.3. The first-order chi connectivity index (χ1) is 11.2. The van der Waals surface area contributed by atoms with Crippen molar-refractivity contribution in [2.24, 2.45) is 0 Å². The Morgan fingerprint density at radius 3 is 2.42 bits per heavy atom. The van der Waals surface area contributed by atoms with Crippen molar-refractivity contribution < 1.29 is 17.9 Å². The molecule has 0 unspecified atom stereocenters. The van der Waals surface area contributed by atoms with Crippen LogP contribution in [-0.4, -0.2) is 82.4 Å². The van der Waals surface area contributed by atoms with E-state index in [1.165, 1.54) is 27.4 Å². The van der Waals surface area contributed by atoms with Crippen LogP contribution in [0.5, 0.6) is 5.75 Å². The molecule has 1 fully saturated rings. The van der Waals surface area contributed by atoms with Gasteiger partial charge in [-0.15, -0.1) is 0 Å². The molecule has 0 aliphatic carbocycles. The molecular weight excluding hydrogens is 354 g/mol. The van der Waals surface area contributed by atoms with Gasteiger partial charge >= 0.3 is 0 Å². The van der Waals surface area contributed by atoms with Crippen molar-refractivity contribution >= 4 is 27.5 Å². The number of piperazine rings is 1. The molecule has 1 saturated heterocycles. The van der Waals surface area contributed by atoms with Crippen molar-refractivity contribution in [3.63, 3.8) is 0 Å². The van der Waals surface area contributed by atoms with Gasteiger partial charge in [0.25, 0.3) is 5.91 Å². The fourth-order valence-electron chi connectivity index (χ4n) is 2.21. The Morgan fingerprint density at radius 1 is 1.25 bits per heavy atom. The summed E-state index contributed by atoms with van der Waals surface area (Å²) in [5.74, 6) is 0.0735. The van der Waals surface area contributed by atoms with Crippen LogP contribution < -0.4 is 4.74 Å². The summed E-state index contributed by atoms with van der Waals surface area (Å²) in [5.41, 5.74) is 0. The molecule has 2 rings (SSSR count). The second-order valence-corrected chi connectivity index (χ2v) is 8.22. The number of sulfonamides is 1. The molecular formula is C15H22ClN3O4S. The van der Waals surface area contributed by atoms with Crippen LogP contribution in [0, 0.1) is 0 Å². The summed E-state index contributed by atoms with van der Waals surface area (Å²) in [6.07, 6.45) is 0. The molecule has 1 aliphatic rings. The maximum atomic E-state index is 12.7. The van der Waals surface area contributed by atoms with Crippen LogP contribution in [0.15, 0.2) is 23.1 Å². The molecule has 24 heavy (non-hydrogen) atoms. The highest BCUT2D eigenvalue weighted by Crippen LogP contribution is 2.29. The summed E-state index contributed by atoms with van der Waals surface area (Å²) >= 11 is 6.12. The van der Waals surface area contributed by atoms with E-state index in [-0.39, 0.29) is 28.2 Å². The number of rotatable bonds is 5. The van der Waals surface area contributed by atoms with Gasteiger partial charge in [0.15, 0.2) is 6.61 Å². The van der Waals surface area contributed by atoms with Crippen LogP contribution in [-0.2, 0) is 14.8 Å². The minimum atomic E-state index is -3.58. The zero-order chi connectivity index (χ0) is 17.9. The molecule has 1 aliphatic heterocycles. The van der Waals surface area contributed by atoms with E-state index in [4.69, 9.17) is 16.3 Å². The quantitative estimate of drug-likeness (QED) is 0.759. The molecule has 0 spiro atoms. The third-order valence-corrected chi connectivity index (χ3v) is 6.04. The largest absolute Gasteiger partial charge is 0.482 e. The Balaban J connectivity index is 2.12. The Labute approximate surface area is 147 Å². The van der Waals surface area contributed by atoms with E-state index in [1.54, 1.807) is 14.1 Å². The van der Waals surface area contributed by atoms with Gasteiger partial charge in [-0.1, -0.05) is 11.6 Å². The Hall–Kier alpha value is -1.35. The molecule has 134 valence electrons. The van der Waals surface area contributed by atoms with E-state index in [1.807, 2.05) is 7.05 Å². The number of carbonyl (C=O) groups is 1. The molecule has 1 aromatic rings. The molecule has 0 radical (unpaired) electrons. The zero-order valence-electron chi connectivity index (χ0n) is 14.0. The molecule has 0 N–H and O–H groups in total. The van der Waals surface area contributed by atoms with Crippen LogP contribution in [0.3, 0.4) is 0 Å². The van der Waals surface area contributed by atoms with Gasteiger partial charge < -0.3 is 14.5 Å². The lowest BCUT2D eigenvalue weighted by Gasteiger charge is -2.31. The SMILES string of the molecule is CN1CCN(S(=O)(=O)c2ccc(OCC(=O)N(C)C)c(Cl)c2)CC1. The smallest absolute Gasteiger partial charge is 0.259 e. The average molecular weight is 376 g/mol. The molecule has 7 nitrogen and oxygen atoms in total. The predicted octanol–water partition coefficient (Wildman–Crippen LogP) is 0.743. The number of hydrogen-bond donors (Lipinski definition) is 0. The summed E-state index contributed by atoms with van der Waals surface area (Å²) in [5, 5.41) is 0.164. The zero-order valence-corrected chi connectivity index (χ0v) is 15.6. The summed E-state index contributed by atoms with van der Waals surface area (Å²) in [6.45, 7) is 2.14. The highest BCUT2D eigenvalue weighted by atomic mass is 35.5. The third-order valence-electron chi connectivity index (χ3n) is 3.85. The van der Waals surface area contributed by atoms with Gasteiger partial charge in [-0.25, -0.2) is 8.42 Å². The van der Waals surface area contributed by atoms with Crippen molar-refractivity contribution in [1.82, 2.24) is 14.1 Å². The minimum absolute atomic E-state index is 0.128. The standard InChI is InChI=1S/C15H22ClN3O4S/c1-17(2)15(20)11-23-14-5-4-12(10-13(14)16)24(21,22)19-8-6-18(3)7-9-19/h4-5,10H,6-9,11H2,1-3H3. The first-order valence-electron chi connectivity index (χ1n) is 7.53. The lowest BCUT2D eigenvalue weighted by Crippen LogP contribution is -2.47. The predicted molar refractivity (Wildman–Crippen MR) is 91.9 cm³/mol. The second-order valence-electron chi connectivity index (χ2n) is 5.88. The average Bonchev–Trinajstić information content (AvgIpc) is 2.53.